The molecule has 1 aromatic carbocycles. The Kier molecular flexibility index (Phi) is 6.61. The molecular formula is C18H27FN4O2. The maximum Gasteiger partial charge on any atom is 0.225 e. The average Bonchev–Trinajstić information content (AvgIpc) is 3.06. The smallest absolute Gasteiger partial charge is 0.225 e. The van der Waals surface area contributed by atoms with Gasteiger partial charge in [-0.15, -0.1) is 0 Å². The molecule has 0 saturated carbocycles. The van der Waals surface area contributed by atoms with Crippen LogP contribution in [0, 0.1) is 11.7 Å². The number of carbonyl (C=O) groups is 1. The molecule has 1 unspecified atom stereocenters. The molecule has 138 valence electrons. The molecular weight excluding hydrogens is 323 g/mol. The van der Waals surface area contributed by atoms with Gasteiger partial charge in [0.05, 0.1) is 7.11 Å². The number of nitrogens with zero attached hydrogens (tertiary/aromatic N) is 2. The van der Waals surface area contributed by atoms with E-state index in [0.29, 0.717) is 19.0 Å². The highest BCUT2D eigenvalue weighted by molar-refractivity contribution is 5.81. The van der Waals surface area contributed by atoms with Crippen LogP contribution in [0.15, 0.2) is 23.2 Å². The van der Waals surface area contributed by atoms with E-state index in [1.807, 2.05) is 18.7 Å². The maximum atomic E-state index is 13.7. The van der Waals surface area contributed by atoms with E-state index < -0.39 is 0 Å². The predicted octanol–water partition coefficient (Wildman–Crippen LogP) is 1.76. The first kappa shape index (κ1) is 19.0. The van der Waals surface area contributed by atoms with E-state index >= 15 is 0 Å². The highest BCUT2D eigenvalue weighted by Gasteiger charge is 2.27. The summed E-state index contributed by atoms with van der Waals surface area (Å²) in [7, 11) is 3.13. The number of methoxy groups -OCH3 is 1. The summed E-state index contributed by atoms with van der Waals surface area (Å²) < 4.78 is 18.6. The molecule has 0 bridgehead atoms. The normalized spacial score (nSPS) is 17.8. The number of rotatable bonds is 5. The molecule has 1 aromatic rings. The average molecular weight is 350 g/mol. The summed E-state index contributed by atoms with van der Waals surface area (Å²) in [5, 5.41) is 6.50. The van der Waals surface area contributed by atoms with E-state index in [-0.39, 0.29) is 29.4 Å². The van der Waals surface area contributed by atoms with Gasteiger partial charge in [-0.1, -0.05) is 19.9 Å². The SMILES string of the molecule is CN=C(NCc1ccc(OC)c(F)c1)NC1CCN(C(=O)C(C)C)C1. The van der Waals surface area contributed by atoms with Gasteiger partial charge in [0.25, 0.3) is 0 Å². The molecule has 7 heteroatoms. The van der Waals surface area contributed by atoms with Crippen LogP contribution in [0.5, 0.6) is 5.75 Å². The molecule has 0 radical (unpaired) electrons. The summed E-state index contributed by atoms with van der Waals surface area (Å²) in [5.41, 5.74) is 0.796. The number of hydrogen-bond acceptors (Lipinski definition) is 3. The Labute approximate surface area is 148 Å². The molecule has 0 aromatic heterocycles. The van der Waals surface area contributed by atoms with Crippen LogP contribution in [-0.4, -0.2) is 50.1 Å². The van der Waals surface area contributed by atoms with Crippen molar-refractivity contribution < 1.29 is 13.9 Å². The van der Waals surface area contributed by atoms with E-state index in [2.05, 4.69) is 15.6 Å². The van der Waals surface area contributed by atoms with E-state index in [1.54, 1.807) is 19.2 Å². The van der Waals surface area contributed by atoms with Gasteiger partial charge < -0.3 is 20.3 Å². The van der Waals surface area contributed by atoms with Crippen LogP contribution in [0.3, 0.4) is 0 Å². The van der Waals surface area contributed by atoms with Gasteiger partial charge in [0.1, 0.15) is 0 Å². The Morgan fingerprint density at radius 3 is 2.84 bits per heavy atom. The molecule has 1 aliphatic heterocycles. The zero-order chi connectivity index (χ0) is 18.4. The third-order valence-corrected chi connectivity index (χ3v) is 4.23. The van der Waals surface area contributed by atoms with Gasteiger partial charge in [-0.05, 0) is 24.1 Å². The minimum absolute atomic E-state index is 0.0150. The van der Waals surface area contributed by atoms with Gasteiger partial charge >= 0.3 is 0 Å². The first-order chi connectivity index (χ1) is 11.9. The van der Waals surface area contributed by atoms with Crippen molar-refractivity contribution in [3.63, 3.8) is 0 Å². The molecule has 0 spiro atoms. The minimum atomic E-state index is -0.386. The molecule has 1 saturated heterocycles. The number of halogens is 1. The second-order valence-electron chi connectivity index (χ2n) is 6.46. The number of likely N-dealkylation sites (tertiary alicyclic amines) is 1. The predicted molar refractivity (Wildman–Crippen MR) is 96.1 cm³/mol. The fraction of sp³-hybridized carbons (Fsp3) is 0.556. The van der Waals surface area contributed by atoms with Gasteiger partial charge in [0.15, 0.2) is 17.5 Å². The van der Waals surface area contributed by atoms with Crippen molar-refractivity contribution in [2.75, 3.05) is 27.2 Å². The van der Waals surface area contributed by atoms with Crippen molar-refractivity contribution in [2.24, 2.45) is 10.9 Å². The van der Waals surface area contributed by atoms with E-state index in [9.17, 15) is 9.18 Å². The highest BCUT2D eigenvalue weighted by Crippen LogP contribution is 2.17. The van der Waals surface area contributed by atoms with E-state index in [1.165, 1.54) is 13.2 Å². The van der Waals surface area contributed by atoms with Gasteiger partial charge in [-0.2, -0.15) is 0 Å². The van der Waals surface area contributed by atoms with Crippen molar-refractivity contribution >= 4 is 11.9 Å². The molecule has 1 aliphatic rings. The van der Waals surface area contributed by atoms with E-state index in [4.69, 9.17) is 4.74 Å². The number of hydrogen-bond donors (Lipinski definition) is 2. The number of carbonyl (C=O) groups excluding carboxylic acids is 1. The fourth-order valence-corrected chi connectivity index (χ4v) is 2.84. The monoisotopic (exact) mass is 350 g/mol. The zero-order valence-electron chi connectivity index (χ0n) is 15.3. The quantitative estimate of drug-likeness (QED) is 0.627. The lowest BCUT2D eigenvalue weighted by Crippen LogP contribution is -2.45. The van der Waals surface area contributed by atoms with Crippen LogP contribution in [0.4, 0.5) is 4.39 Å². The van der Waals surface area contributed by atoms with Crippen molar-refractivity contribution in [2.45, 2.75) is 32.9 Å². The molecule has 1 fully saturated rings. The van der Waals surface area contributed by atoms with Gasteiger partial charge in [-0.3, -0.25) is 9.79 Å². The van der Waals surface area contributed by atoms with Gasteiger partial charge in [-0.25, -0.2) is 4.39 Å². The van der Waals surface area contributed by atoms with Gasteiger partial charge in [0, 0.05) is 38.6 Å². The lowest BCUT2D eigenvalue weighted by molar-refractivity contribution is -0.133. The Morgan fingerprint density at radius 1 is 1.48 bits per heavy atom. The first-order valence-electron chi connectivity index (χ1n) is 8.53. The summed E-state index contributed by atoms with van der Waals surface area (Å²) in [6.45, 7) is 5.71. The Bertz CT molecular complexity index is 634. The Hall–Kier alpha value is -2.31. The second-order valence-corrected chi connectivity index (χ2v) is 6.46. The standard InChI is InChI=1S/C18H27FN4O2/c1-12(2)17(24)23-8-7-14(11-23)22-18(20-3)21-10-13-5-6-16(25-4)15(19)9-13/h5-6,9,12,14H,7-8,10-11H2,1-4H3,(H2,20,21,22). The van der Waals surface area contributed by atoms with Crippen molar-refractivity contribution in [1.29, 1.82) is 0 Å². The number of nitrogens with one attached hydrogen (secondary N) is 2. The molecule has 0 aliphatic carbocycles. The maximum absolute atomic E-state index is 13.7. The molecule has 2 N–H and O–H groups in total. The fourth-order valence-electron chi connectivity index (χ4n) is 2.84. The van der Waals surface area contributed by atoms with Crippen molar-refractivity contribution in [3.8, 4) is 5.75 Å². The molecule has 25 heavy (non-hydrogen) atoms. The van der Waals surface area contributed by atoms with Crippen molar-refractivity contribution in [3.05, 3.63) is 29.6 Å². The number of benzene rings is 1. The third kappa shape index (κ3) is 5.08. The van der Waals surface area contributed by atoms with Crippen LogP contribution in [0.1, 0.15) is 25.8 Å². The molecule has 1 heterocycles. The number of amides is 1. The molecule has 1 atom stereocenters. The summed E-state index contributed by atoms with van der Waals surface area (Å²) in [5.74, 6) is 0.678. The zero-order valence-corrected chi connectivity index (χ0v) is 15.3. The lowest BCUT2D eigenvalue weighted by Gasteiger charge is -2.20. The third-order valence-electron chi connectivity index (χ3n) is 4.23. The summed E-state index contributed by atoms with van der Waals surface area (Å²) in [6, 6.07) is 5.02. The van der Waals surface area contributed by atoms with Crippen LogP contribution in [0.25, 0.3) is 0 Å². The van der Waals surface area contributed by atoms with Crippen LogP contribution in [0.2, 0.25) is 0 Å². The first-order valence-corrected chi connectivity index (χ1v) is 8.53. The highest BCUT2D eigenvalue weighted by atomic mass is 19.1. The molecule has 6 nitrogen and oxygen atoms in total. The molecule has 1 amide bonds. The summed E-state index contributed by atoms with van der Waals surface area (Å²) in [6.07, 6.45) is 0.885. The second kappa shape index (κ2) is 8.69. The van der Waals surface area contributed by atoms with Crippen LogP contribution >= 0.6 is 0 Å². The number of guanidine groups is 1. The largest absolute Gasteiger partial charge is 0.494 e. The van der Waals surface area contributed by atoms with Crippen LogP contribution in [-0.2, 0) is 11.3 Å². The van der Waals surface area contributed by atoms with Crippen molar-refractivity contribution in [1.82, 2.24) is 15.5 Å². The number of ether oxygens (including phenoxy) is 1. The lowest BCUT2D eigenvalue weighted by atomic mass is 10.2. The molecule has 2 rings (SSSR count). The topological polar surface area (TPSA) is 66.0 Å². The summed E-state index contributed by atoms with van der Waals surface area (Å²) >= 11 is 0. The summed E-state index contributed by atoms with van der Waals surface area (Å²) in [4.78, 5) is 18.1. The van der Waals surface area contributed by atoms with Crippen LogP contribution < -0.4 is 15.4 Å². The Balaban J connectivity index is 1.85. The van der Waals surface area contributed by atoms with E-state index in [0.717, 1.165) is 18.5 Å². The minimum Gasteiger partial charge on any atom is -0.494 e. The Morgan fingerprint density at radius 2 is 2.24 bits per heavy atom. The number of aliphatic imine (C=N–C) groups is 1. The van der Waals surface area contributed by atoms with Gasteiger partial charge in [0.2, 0.25) is 5.91 Å².